The molecular formula is C12H23N5O2. The van der Waals surface area contributed by atoms with Gasteiger partial charge in [-0.1, -0.05) is 27.2 Å². The standard InChI is InChI=1S/C12H23N5O2/c1-4-6-9(3)8-19-12-15-10(17-13)14-11(16-12)18-7-5-2/h9H,4-8,13H2,1-3H3,(H,14,15,16,17). The Morgan fingerprint density at radius 1 is 1.11 bits per heavy atom. The van der Waals surface area contributed by atoms with Gasteiger partial charge >= 0.3 is 12.0 Å². The number of nitrogens with zero attached hydrogens (tertiary/aromatic N) is 3. The largest absolute Gasteiger partial charge is 0.463 e. The summed E-state index contributed by atoms with van der Waals surface area (Å²) < 4.78 is 10.9. The van der Waals surface area contributed by atoms with Gasteiger partial charge < -0.3 is 9.47 Å². The molecule has 0 saturated carbocycles. The topological polar surface area (TPSA) is 95.2 Å². The van der Waals surface area contributed by atoms with Crippen LogP contribution in [0, 0.1) is 5.92 Å². The van der Waals surface area contributed by atoms with Gasteiger partial charge in [-0.2, -0.15) is 9.97 Å². The Morgan fingerprint density at radius 2 is 1.79 bits per heavy atom. The Labute approximate surface area is 113 Å². The summed E-state index contributed by atoms with van der Waals surface area (Å²) in [5.41, 5.74) is 2.37. The van der Waals surface area contributed by atoms with Crippen LogP contribution in [0.15, 0.2) is 0 Å². The highest BCUT2D eigenvalue weighted by molar-refractivity contribution is 5.25. The molecule has 7 heteroatoms. The number of nitrogens with one attached hydrogen (secondary N) is 1. The van der Waals surface area contributed by atoms with Crippen molar-refractivity contribution in [2.24, 2.45) is 11.8 Å². The molecule has 0 fully saturated rings. The lowest BCUT2D eigenvalue weighted by Gasteiger charge is -2.12. The van der Waals surface area contributed by atoms with Gasteiger partial charge in [0.2, 0.25) is 5.95 Å². The molecule has 1 aromatic rings. The number of nitrogens with two attached hydrogens (primary N) is 1. The van der Waals surface area contributed by atoms with Crippen LogP contribution in [-0.4, -0.2) is 28.2 Å². The van der Waals surface area contributed by atoms with Crippen LogP contribution in [0.4, 0.5) is 5.95 Å². The van der Waals surface area contributed by atoms with Gasteiger partial charge in [0.05, 0.1) is 13.2 Å². The lowest BCUT2D eigenvalue weighted by molar-refractivity contribution is 0.224. The van der Waals surface area contributed by atoms with Gasteiger partial charge in [-0.05, 0) is 18.8 Å². The predicted molar refractivity (Wildman–Crippen MR) is 73.0 cm³/mol. The number of hydrazine groups is 1. The highest BCUT2D eigenvalue weighted by Crippen LogP contribution is 2.14. The Balaban J connectivity index is 2.65. The van der Waals surface area contributed by atoms with E-state index < -0.39 is 0 Å². The number of aromatic nitrogens is 3. The maximum Gasteiger partial charge on any atom is 0.324 e. The maximum absolute atomic E-state index is 5.55. The van der Waals surface area contributed by atoms with Crippen molar-refractivity contribution in [2.45, 2.75) is 40.0 Å². The third-order valence-corrected chi connectivity index (χ3v) is 2.44. The summed E-state index contributed by atoms with van der Waals surface area (Å²) in [5.74, 6) is 6.00. The fraction of sp³-hybridized carbons (Fsp3) is 0.750. The van der Waals surface area contributed by atoms with Crippen LogP contribution in [0.3, 0.4) is 0 Å². The summed E-state index contributed by atoms with van der Waals surface area (Å²) in [4.78, 5) is 12.1. The highest BCUT2D eigenvalue weighted by Gasteiger charge is 2.09. The molecule has 1 unspecified atom stereocenters. The summed E-state index contributed by atoms with van der Waals surface area (Å²) >= 11 is 0. The molecule has 0 spiro atoms. The van der Waals surface area contributed by atoms with Crippen LogP contribution < -0.4 is 20.7 Å². The fourth-order valence-corrected chi connectivity index (χ4v) is 1.52. The molecule has 0 bridgehead atoms. The van der Waals surface area contributed by atoms with Gasteiger partial charge in [0.25, 0.3) is 0 Å². The molecule has 19 heavy (non-hydrogen) atoms. The average molecular weight is 269 g/mol. The van der Waals surface area contributed by atoms with Gasteiger partial charge in [0.1, 0.15) is 0 Å². The predicted octanol–water partition coefficient (Wildman–Crippen LogP) is 1.76. The third-order valence-electron chi connectivity index (χ3n) is 2.44. The van der Waals surface area contributed by atoms with Crippen LogP contribution in [0.2, 0.25) is 0 Å². The van der Waals surface area contributed by atoms with E-state index in [4.69, 9.17) is 15.3 Å². The zero-order valence-electron chi connectivity index (χ0n) is 11.8. The molecule has 1 aromatic heterocycles. The molecule has 0 radical (unpaired) electrons. The minimum Gasteiger partial charge on any atom is -0.463 e. The molecule has 1 heterocycles. The molecule has 3 N–H and O–H groups in total. The second kappa shape index (κ2) is 8.47. The number of anilines is 1. The van der Waals surface area contributed by atoms with Crippen LogP contribution in [0.25, 0.3) is 0 Å². The Morgan fingerprint density at radius 3 is 2.37 bits per heavy atom. The first-order chi connectivity index (χ1) is 9.19. The van der Waals surface area contributed by atoms with E-state index >= 15 is 0 Å². The van der Waals surface area contributed by atoms with Crippen molar-refractivity contribution >= 4 is 5.95 Å². The molecule has 0 aliphatic carbocycles. The molecule has 108 valence electrons. The minimum absolute atomic E-state index is 0.225. The average Bonchev–Trinajstić information content (AvgIpc) is 2.43. The van der Waals surface area contributed by atoms with Gasteiger partial charge in [0.15, 0.2) is 0 Å². The van der Waals surface area contributed by atoms with Crippen molar-refractivity contribution in [3.05, 3.63) is 0 Å². The zero-order valence-corrected chi connectivity index (χ0v) is 11.8. The number of rotatable bonds is 9. The summed E-state index contributed by atoms with van der Waals surface area (Å²) in [7, 11) is 0. The van der Waals surface area contributed by atoms with Gasteiger partial charge in [-0.25, -0.2) is 5.84 Å². The maximum atomic E-state index is 5.55. The Bertz CT molecular complexity index is 375. The van der Waals surface area contributed by atoms with Crippen LogP contribution in [0.5, 0.6) is 12.0 Å². The van der Waals surface area contributed by atoms with Crippen molar-refractivity contribution in [1.29, 1.82) is 0 Å². The van der Waals surface area contributed by atoms with E-state index in [2.05, 4.69) is 34.2 Å². The van der Waals surface area contributed by atoms with E-state index in [0.29, 0.717) is 19.1 Å². The lowest BCUT2D eigenvalue weighted by atomic mass is 10.1. The van der Waals surface area contributed by atoms with Crippen molar-refractivity contribution in [3.8, 4) is 12.0 Å². The summed E-state index contributed by atoms with van der Waals surface area (Å²) in [6, 6.07) is 0.458. The first-order valence-electron chi connectivity index (χ1n) is 6.67. The normalized spacial score (nSPS) is 12.0. The van der Waals surface area contributed by atoms with Crippen molar-refractivity contribution in [3.63, 3.8) is 0 Å². The van der Waals surface area contributed by atoms with Crippen molar-refractivity contribution in [1.82, 2.24) is 15.0 Å². The number of hydrogen-bond acceptors (Lipinski definition) is 7. The summed E-state index contributed by atoms with van der Waals surface area (Å²) in [6.45, 7) is 7.38. The molecule has 1 rings (SSSR count). The van der Waals surface area contributed by atoms with E-state index in [1.807, 2.05) is 6.92 Å². The van der Waals surface area contributed by atoms with E-state index in [9.17, 15) is 0 Å². The van der Waals surface area contributed by atoms with Crippen LogP contribution in [0.1, 0.15) is 40.0 Å². The molecule has 1 atom stereocenters. The van der Waals surface area contributed by atoms with Crippen LogP contribution in [-0.2, 0) is 0 Å². The quantitative estimate of drug-likeness (QED) is 0.521. The Hall–Kier alpha value is -1.63. The van der Waals surface area contributed by atoms with Crippen LogP contribution >= 0.6 is 0 Å². The minimum atomic E-state index is 0.225. The third kappa shape index (κ3) is 5.69. The lowest BCUT2D eigenvalue weighted by Crippen LogP contribution is -2.15. The second-order valence-corrected chi connectivity index (χ2v) is 4.42. The van der Waals surface area contributed by atoms with E-state index in [-0.39, 0.29) is 18.0 Å². The zero-order chi connectivity index (χ0) is 14.1. The molecule has 7 nitrogen and oxygen atoms in total. The van der Waals surface area contributed by atoms with E-state index in [1.54, 1.807) is 0 Å². The number of nitrogen functional groups attached to an aromatic ring is 1. The van der Waals surface area contributed by atoms with E-state index in [0.717, 1.165) is 19.3 Å². The summed E-state index contributed by atoms with van der Waals surface area (Å²) in [5, 5.41) is 0. The highest BCUT2D eigenvalue weighted by atomic mass is 16.5. The SMILES string of the molecule is CCCOc1nc(NN)nc(OCC(C)CCC)n1. The number of hydrogen-bond donors (Lipinski definition) is 2. The molecule has 0 aliphatic rings. The van der Waals surface area contributed by atoms with Crippen molar-refractivity contribution in [2.75, 3.05) is 18.6 Å². The molecule has 0 saturated heterocycles. The van der Waals surface area contributed by atoms with Gasteiger partial charge in [-0.3, -0.25) is 5.43 Å². The summed E-state index contributed by atoms with van der Waals surface area (Å²) in [6.07, 6.45) is 3.11. The fourth-order valence-electron chi connectivity index (χ4n) is 1.52. The molecule has 0 aromatic carbocycles. The first kappa shape index (κ1) is 15.4. The molecular weight excluding hydrogens is 246 g/mol. The monoisotopic (exact) mass is 269 g/mol. The molecule has 0 amide bonds. The Kier molecular flexibility index (Phi) is 6.88. The van der Waals surface area contributed by atoms with Gasteiger partial charge in [0, 0.05) is 0 Å². The number of ether oxygens (including phenoxy) is 2. The van der Waals surface area contributed by atoms with Gasteiger partial charge in [-0.15, -0.1) is 4.98 Å². The molecule has 0 aliphatic heterocycles. The van der Waals surface area contributed by atoms with Crippen molar-refractivity contribution < 1.29 is 9.47 Å². The second-order valence-electron chi connectivity index (χ2n) is 4.42. The first-order valence-corrected chi connectivity index (χ1v) is 6.67. The smallest absolute Gasteiger partial charge is 0.324 e. The van der Waals surface area contributed by atoms with E-state index in [1.165, 1.54) is 0 Å².